The predicted molar refractivity (Wildman–Crippen MR) is 115 cm³/mol. The first-order valence-corrected chi connectivity index (χ1v) is 9.90. The molecule has 0 spiro atoms. The molecule has 1 unspecified atom stereocenters. The highest BCUT2D eigenvalue weighted by Gasteiger charge is 2.18. The standard InChI is InChI=1S/C22H19BrN4O2/c23-17-8-4-7-15(9-17)18-12-25-27-21(18)16-10-19(24-11-16)22(29)26-20(13-28)14-5-2-1-3-6-14/h1-12,20,24,28H,13H2,(H,25,27)(H,26,29). The molecule has 0 saturated heterocycles. The molecule has 0 radical (unpaired) electrons. The molecule has 0 aliphatic rings. The van der Waals surface area contributed by atoms with E-state index in [2.05, 4.69) is 36.4 Å². The summed E-state index contributed by atoms with van der Waals surface area (Å²) in [6.45, 7) is -0.184. The van der Waals surface area contributed by atoms with Crippen LogP contribution in [0.3, 0.4) is 0 Å². The summed E-state index contributed by atoms with van der Waals surface area (Å²) >= 11 is 3.49. The van der Waals surface area contributed by atoms with E-state index in [1.165, 1.54) is 0 Å². The molecule has 1 atom stereocenters. The molecule has 4 rings (SSSR count). The van der Waals surface area contributed by atoms with Gasteiger partial charge in [-0.15, -0.1) is 0 Å². The zero-order valence-corrected chi connectivity index (χ0v) is 17.0. The summed E-state index contributed by atoms with van der Waals surface area (Å²) in [5.74, 6) is -0.289. The summed E-state index contributed by atoms with van der Waals surface area (Å²) in [7, 11) is 0. The molecule has 0 fully saturated rings. The Balaban J connectivity index is 1.56. The number of H-pyrrole nitrogens is 2. The van der Waals surface area contributed by atoms with Crippen LogP contribution in [0.2, 0.25) is 0 Å². The number of aromatic nitrogens is 3. The van der Waals surface area contributed by atoms with Crippen molar-refractivity contribution in [2.24, 2.45) is 0 Å². The van der Waals surface area contributed by atoms with Crippen LogP contribution in [0, 0.1) is 0 Å². The van der Waals surface area contributed by atoms with E-state index >= 15 is 0 Å². The van der Waals surface area contributed by atoms with Crippen molar-refractivity contribution < 1.29 is 9.90 Å². The number of carbonyl (C=O) groups excluding carboxylic acids is 1. The lowest BCUT2D eigenvalue weighted by Crippen LogP contribution is -2.30. The van der Waals surface area contributed by atoms with Crippen LogP contribution in [0.1, 0.15) is 22.1 Å². The van der Waals surface area contributed by atoms with Gasteiger partial charge >= 0.3 is 0 Å². The van der Waals surface area contributed by atoms with Crippen LogP contribution in [0.15, 0.2) is 77.5 Å². The number of nitrogens with one attached hydrogen (secondary N) is 3. The van der Waals surface area contributed by atoms with Crippen LogP contribution in [0.4, 0.5) is 0 Å². The van der Waals surface area contributed by atoms with Gasteiger partial charge in [-0.05, 0) is 29.3 Å². The van der Waals surface area contributed by atoms with E-state index in [1.807, 2.05) is 54.6 Å². The van der Waals surface area contributed by atoms with Crippen molar-refractivity contribution >= 4 is 21.8 Å². The van der Waals surface area contributed by atoms with Gasteiger partial charge in [0.15, 0.2) is 0 Å². The van der Waals surface area contributed by atoms with Crippen molar-refractivity contribution in [1.29, 1.82) is 0 Å². The number of amides is 1. The second kappa shape index (κ2) is 8.46. The van der Waals surface area contributed by atoms with Crippen molar-refractivity contribution in [3.63, 3.8) is 0 Å². The second-order valence-electron chi connectivity index (χ2n) is 6.59. The number of aromatic amines is 2. The molecule has 2 aromatic heterocycles. The first kappa shape index (κ1) is 19.2. The van der Waals surface area contributed by atoms with Gasteiger partial charge in [0.2, 0.25) is 0 Å². The average Bonchev–Trinajstić information content (AvgIpc) is 3.42. The van der Waals surface area contributed by atoms with Gasteiger partial charge in [-0.3, -0.25) is 9.89 Å². The highest BCUT2D eigenvalue weighted by Crippen LogP contribution is 2.31. The van der Waals surface area contributed by atoms with Crippen molar-refractivity contribution in [2.75, 3.05) is 6.61 Å². The highest BCUT2D eigenvalue weighted by molar-refractivity contribution is 9.10. The van der Waals surface area contributed by atoms with Crippen LogP contribution in [-0.4, -0.2) is 32.8 Å². The molecular formula is C22H19BrN4O2. The molecule has 2 aromatic carbocycles. The van der Waals surface area contributed by atoms with E-state index < -0.39 is 6.04 Å². The number of hydrogen-bond acceptors (Lipinski definition) is 3. The Bertz CT molecular complexity index is 1120. The summed E-state index contributed by atoms with van der Waals surface area (Å²) < 4.78 is 0.979. The van der Waals surface area contributed by atoms with Crippen LogP contribution in [-0.2, 0) is 0 Å². The van der Waals surface area contributed by atoms with Gasteiger partial charge in [0, 0.05) is 21.8 Å². The molecular weight excluding hydrogens is 432 g/mol. The van der Waals surface area contributed by atoms with Crippen LogP contribution in [0.25, 0.3) is 22.4 Å². The van der Waals surface area contributed by atoms with Gasteiger partial charge in [-0.25, -0.2) is 0 Å². The average molecular weight is 451 g/mol. The van der Waals surface area contributed by atoms with E-state index in [0.717, 1.165) is 32.4 Å². The maximum atomic E-state index is 12.7. The number of aliphatic hydroxyl groups excluding tert-OH is 1. The SMILES string of the molecule is O=C(NC(CO)c1ccccc1)c1cc(-c2[nH]ncc2-c2cccc(Br)c2)c[nH]1. The Morgan fingerprint density at radius 3 is 2.69 bits per heavy atom. The van der Waals surface area contributed by atoms with Gasteiger partial charge in [0.1, 0.15) is 5.69 Å². The number of benzene rings is 2. The number of rotatable bonds is 6. The monoisotopic (exact) mass is 450 g/mol. The molecule has 29 heavy (non-hydrogen) atoms. The minimum Gasteiger partial charge on any atom is -0.394 e. The maximum Gasteiger partial charge on any atom is 0.268 e. The topological polar surface area (TPSA) is 93.8 Å². The fourth-order valence-electron chi connectivity index (χ4n) is 3.21. The fraction of sp³-hybridized carbons (Fsp3) is 0.0909. The van der Waals surface area contributed by atoms with Gasteiger partial charge in [0.25, 0.3) is 5.91 Å². The number of nitrogens with zero attached hydrogens (tertiary/aromatic N) is 1. The molecule has 0 bridgehead atoms. The maximum absolute atomic E-state index is 12.7. The Kier molecular flexibility index (Phi) is 5.59. The predicted octanol–water partition coefficient (Wildman–Crippen LogP) is 4.30. The molecule has 146 valence electrons. The minimum atomic E-state index is -0.472. The van der Waals surface area contributed by atoms with Crippen LogP contribution >= 0.6 is 15.9 Å². The Morgan fingerprint density at radius 2 is 1.93 bits per heavy atom. The van der Waals surface area contributed by atoms with Gasteiger partial charge < -0.3 is 15.4 Å². The lowest BCUT2D eigenvalue weighted by atomic mass is 10.0. The van der Waals surface area contributed by atoms with Gasteiger partial charge in [0.05, 0.1) is 24.5 Å². The molecule has 0 aliphatic heterocycles. The van der Waals surface area contributed by atoms with E-state index in [0.29, 0.717) is 5.69 Å². The van der Waals surface area contributed by atoms with Crippen molar-refractivity contribution in [1.82, 2.24) is 20.5 Å². The molecule has 0 saturated carbocycles. The summed E-state index contributed by atoms with van der Waals surface area (Å²) in [5.41, 5.74) is 4.85. The van der Waals surface area contributed by atoms with E-state index in [9.17, 15) is 9.90 Å². The smallest absolute Gasteiger partial charge is 0.268 e. The molecule has 4 N–H and O–H groups in total. The Hall–Kier alpha value is -3.16. The summed E-state index contributed by atoms with van der Waals surface area (Å²) in [6.07, 6.45) is 3.53. The third kappa shape index (κ3) is 4.16. The first-order valence-electron chi connectivity index (χ1n) is 9.10. The zero-order valence-electron chi connectivity index (χ0n) is 15.4. The van der Waals surface area contributed by atoms with E-state index in [4.69, 9.17) is 0 Å². The molecule has 0 aliphatic carbocycles. The van der Waals surface area contributed by atoms with Crippen LogP contribution < -0.4 is 5.32 Å². The lowest BCUT2D eigenvalue weighted by Gasteiger charge is -2.16. The minimum absolute atomic E-state index is 0.184. The quantitative estimate of drug-likeness (QED) is 0.352. The number of halogens is 1. The van der Waals surface area contributed by atoms with Crippen molar-refractivity contribution in [3.8, 4) is 22.4 Å². The molecule has 4 aromatic rings. The summed E-state index contributed by atoms with van der Waals surface area (Å²) in [4.78, 5) is 15.7. The van der Waals surface area contributed by atoms with Crippen molar-refractivity contribution in [2.45, 2.75) is 6.04 Å². The molecule has 6 nitrogen and oxygen atoms in total. The summed E-state index contributed by atoms with van der Waals surface area (Å²) in [6, 6.07) is 18.6. The molecule has 2 heterocycles. The van der Waals surface area contributed by atoms with Crippen LogP contribution in [0.5, 0.6) is 0 Å². The second-order valence-corrected chi connectivity index (χ2v) is 7.51. The highest BCUT2D eigenvalue weighted by atomic mass is 79.9. The third-order valence-electron chi connectivity index (χ3n) is 4.68. The molecule has 7 heteroatoms. The normalized spacial score (nSPS) is 11.9. The largest absolute Gasteiger partial charge is 0.394 e. The Morgan fingerprint density at radius 1 is 1.10 bits per heavy atom. The lowest BCUT2D eigenvalue weighted by molar-refractivity contribution is 0.0912. The van der Waals surface area contributed by atoms with E-state index in [-0.39, 0.29) is 12.5 Å². The number of carbonyl (C=O) groups is 1. The zero-order chi connectivity index (χ0) is 20.2. The van der Waals surface area contributed by atoms with E-state index in [1.54, 1.807) is 18.5 Å². The Labute approximate surface area is 176 Å². The molecule has 1 amide bonds. The van der Waals surface area contributed by atoms with Crippen molar-refractivity contribution in [3.05, 3.63) is 88.8 Å². The fourth-order valence-corrected chi connectivity index (χ4v) is 3.61. The summed E-state index contributed by atoms with van der Waals surface area (Å²) in [5, 5.41) is 19.7. The third-order valence-corrected chi connectivity index (χ3v) is 5.17. The van der Waals surface area contributed by atoms with Gasteiger partial charge in [-0.1, -0.05) is 58.4 Å². The first-order chi connectivity index (χ1) is 14.2. The van der Waals surface area contributed by atoms with Gasteiger partial charge in [-0.2, -0.15) is 5.10 Å². The number of hydrogen-bond donors (Lipinski definition) is 4. The number of aliphatic hydroxyl groups is 1.